The number of rotatable bonds is 5. The summed E-state index contributed by atoms with van der Waals surface area (Å²) in [4.78, 5) is 26.2. The Kier molecular flexibility index (Phi) is 7.73. The zero-order chi connectivity index (χ0) is 27.9. The molecule has 39 heavy (non-hydrogen) atoms. The highest BCUT2D eigenvalue weighted by Crippen LogP contribution is 2.40. The number of fused-ring (bicyclic) bond motifs is 2. The van der Waals surface area contributed by atoms with Crippen molar-refractivity contribution in [1.82, 2.24) is 5.43 Å². The van der Waals surface area contributed by atoms with Gasteiger partial charge in [-0.1, -0.05) is 73.8 Å². The van der Waals surface area contributed by atoms with E-state index in [4.69, 9.17) is 39.5 Å². The van der Waals surface area contributed by atoms with Crippen LogP contribution in [0.5, 0.6) is 5.75 Å². The molecule has 0 spiro atoms. The number of nitrogens with one attached hydrogen (secondary N) is 1. The fourth-order valence-electron chi connectivity index (χ4n) is 3.87. The van der Waals surface area contributed by atoms with E-state index in [2.05, 4.69) is 37.4 Å². The summed E-state index contributed by atoms with van der Waals surface area (Å²) in [5, 5.41) is 6.70. The fraction of sp³-hybridized carbons (Fsp3) is 0.138. The molecule has 0 bridgehead atoms. The fourth-order valence-corrected chi connectivity index (χ4v) is 7.14. The largest absolute Gasteiger partial charge is 0.422 e. The van der Waals surface area contributed by atoms with Crippen LogP contribution in [0.3, 0.4) is 0 Å². The Hall–Kier alpha value is -2.94. The molecule has 0 aliphatic rings. The van der Waals surface area contributed by atoms with E-state index in [0.29, 0.717) is 31.6 Å². The molecule has 0 aliphatic heterocycles. The van der Waals surface area contributed by atoms with Crippen molar-refractivity contribution in [1.29, 1.82) is 0 Å². The number of halogens is 3. The summed E-state index contributed by atoms with van der Waals surface area (Å²) < 4.78 is 7.25. The van der Waals surface area contributed by atoms with Crippen LogP contribution in [-0.4, -0.2) is 18.1 Å². The van der Waals surface area contributed by atoms with Crippen LogP contribution in [0.4, 0.5) is 0 Å². The lowest BCUT2D eigenvalue weighted by atomic mass is 9.87. The predicted octanol–water partition coefficient (Wildman–Crippen LogP) is 9.36. The minimum Gasteiger partial charge on any atom is -0.422 e. The summed E-state index contributed by atoms with van der Waals surface area (Å²) in [6.45, 7) is 6.42. The minimum absolute atomic E-state index is 0.00872. The Bertz CT molecular complexity index is 1770. The Balaban J connectivity index is 1.24. The summed E-state index contributed by atoms with van der Waals surface area (Å²) in [5.41, 5.74) is 4.39. The molecule has 0 atom stereocenters. The number of hydrogen-bond donors (Lipinski definition) is 1. The van der Waals surface area contributed by atoms with E-state index < -0.39 is 5.97 Å². The second-order valence-electron chi connectivity index (χ2n) is 9.72. The Morgan fingerprint density at radius 2 is 1.62 bits per heavy atom. The molecule has 1 amide bonds. The summed E-state index contributed by atoms with van der Waals surface area (Å²) in [6.07, 6.45) is 1.49. The molecule has 0 saturated heterocycles. The number of hydrogen-bond acceptors (Lipinski definition) is 6. The summed E-state index contributed by atoms with van der Waals surface area (Å²) >= 11 is 21.7. The molecule has 5 nitrogen and oxygen atoms in total. The van der Waals surface area contributed by atoms with Crippen molar-refractivity contribution in [3.63, 3.8) is 0 Å². The predicted molar refractivity (Wildman–Crippen MR) is 164 cm³/mol. The van der Waals surface area contributed by atoms with E-state index in [0.717, 1.165) is 14.8 Å². The number of ether oxygens (including phenoxy) is 1. The Morgan fingerprint density at radius 1 is 0.897 bits per heavy atom. The average molecular weight is 616 g/mol. The van der Waals surface area contributed by atoms with Gasteiger partial charge in [-0.3, -0.25) is 4.79 Å². The first-order chi connectivity index (χ1) is 18.5. The number of carbonyl (C=O) groups excluding carboxylic acids is 2. The van der Waals surface area contributed by atoms with E-state index in [1.165, 1.54) is 34.5 Å². The summed E-state index contributed by atoms with van der Waals surface area (Å²) in [5.74, 6) is -0.617. The van der Waals surface area contributed by atoms with E-state index in [1.54, 1.807) is 36.4 Å². The van der Waals surface area contributed by atoms with E-state index in [1.807, 2.05) is 18.2 Å². The number of carbonyl (C=O) groups is 2. The minimum atomic E-state index is -0.569. The maximum absolute atomic E-state index is 12.8. The van der Waals surface area contributed by atoms with Gasteiger partial charge in [-0.2, -0.15) is 5.10 Å². The first-order valence-corrected chi connectivity index (χ1v) is 14.5. The van der Waals surface area contributed by atoms with Crippen LogP contribution in [-0.2, 0) is 5.41 Å². The first kappa shape index (κ1) is 27.6. The molecule has 5 rings (SSSR count). The second-order valence-corrected chi connectivity index (χ2v) is 13.0. The molecular weight excluding hydrogens is 595 g/mol. The van der Waals surface area contributed by atoms with Crippen molar-refractivity contribution >= 4 is 95.7 Å². The van der Waals surface area contributed by atoms with Crippen LogP contribution in [0, 0.1) is 0 Å². The molecule has 0 radical (unpaired) electrons. The molecule has 10 heteroatoms. The standard InChI is InChI=1S/C29H21Cl3N2O3S2/c1-29(2,3)16-9-12-18-21(13-16)39-25(23(18)31)27(35)34-33-14-15-7-10-17(11-8-15)37-28(36)26-24(32)22-19(30)5-4-6-20(22)38-26/h4-14H,1-3H3,(H,34,35)/b33-14-. The van der Waals surface area contributed by atoms with Gasteiger partial charge in [-0.15, -0.1) is 22.7 Å². The number of amides is 1. The zero-order valence-corrected chi connectivity index (χ0v) is 24.9. The van der Waals surface area contributed by atoms with Crippen LogP contribution in [0.25, 0.3) is 20.2 Å². The zero-order valence-electron chi connectivity index (χ0n) is 21.0. The van der Waals surface area contributed by atoms with Crippen molar-refractivity contribution in [3.05, 3.63) is 96.6 Å². The van der Waals surface area contributed by atoms with Gasteiger partial charge in [0.05, 0.1) is 21.3 Å². The van der Waals surface area contributed by atoms with Gasteiger partial charge in [0.25, 0.3) is 5.91 Å². The third-order valence-corrected chi connectivity index (χ3v) is 9.56. The molecule has 5 aromatic rings. The number of hydrazone groups is 1. The van der Waals surface area contributed by atoms with Gasteiger partial charge in [0.2, 0.25) is 0 Å². The van der Waals surface area contributed by atoms with Crippen molar-refractivity contribution in [3.8, 4) is 5.75 Å². The van der Waals surface area contributed by atoms with Gasteiger partial charge >= 0.3 is 5.97 Å². The third-order valence-electron chi connectivity index (χ3n) is 5.96. The second kappa shape index (κ2) is 10.9. The van der Waals surface area contributed by atoms with Crippen LogP contribution in [0.1, 0.15) is 51.2 Å². The highest BCUT2D eigenvalue weighted by molar-refractivity contribution is 7.22. The van der Waals surface area contributed by atoms with Gasteiger partial charge in [-0.05, 0) is 59.0 Å². The molecule has 2 heterocycles. The van der Waals surface area contributed by atoms with E-state index in [9.17, 15) is 9.59 Å². The van der Waals surface area contributed by atoms with E-state index in [-0.39, 0.29) is 21.2 Å². The first-order valence-electron chi connectivity index (χ1n) is 11.8. The van der Waals surface area contributed by atoms with Crippen molar-refractivity contribution in [2.24, 2.45) is 5.10 Å². The van der Waals surface area contributed by atoms with Crippen molar-refractivity contribution in [2.75, 3.05) is 0 Å². The van der Waals surface area contributed by atoms with Gasteiger partial charge in [0.15, 0.2) is 0 Å². The summed E-state index contributed by atoms with van der Waals surface area (Å²) in [6, 6.07) is 18.1. The molecule has 0 aliphatic carbocycles. The molecular formula is C29H21Cl3N2O3S2. The molecule has 0 fully saturated rings. The number of thiophene rings is 2. The number of esters is 1. The quantitative estimate of drug-likeness (QED) is 0.0927. The lowest BCUT2D eigenvalue weighted by Gasteiger charge is -2.18. The van der Waals surface area contributed by atoms with Gasteiger partial charge < -0.3 is 4.74 Å². The molecule has 0 unspecified atom stereocenters. The maximum Gasteiger partial charge on any atom is 0.355 e. The topological polar surface area (TPSA) is 67.8 Å². The average Bonchev–Trinajstić information content (AvgIpc) is 3.42. The Labute approximate surface area is 248 Å². The highest BCUT2D eigenvalue weighted by Gasteiger charge is 2.21. The molecule has 0 saturated carbocycles. The number of nitrogens with zero attached hydrogens (tertiary/aromatic N) is 1. The van der Waals surface area contributed by atoms with Gasteiger partial charge in [-0.25, -0.2) is 10.2 Å². The summed E-state index contributed by atoms with van der Waals surface area (Å²) in [7, 11) is 0. The lowest BCUT2D eigenvalue weighted by Crippen LogP contribution is -2.16. The molecule has 198 valence electrons. The molecule has 2 aromatic heterocycles. The normalized spacial score (nSPS) is 11.9. The van der Waals surface area contributed by atoms with Crippen LogP contribution in [0.2, 0.25) is 15.1 Å². The van der Waals surface area contributed by atoms with Crippen LogP contribution >= 0.6 is 57.5 Å². The van der Waals surface area contributed by atoms with Gasteiger partial charge in [0, 0.05) is 20.2 Å². The lowest BCUT2D eigenvalue weighted by molar-refractivity contribution is 0.0739. The molecule has 3 aromatic carbocycles. The van der Waals surface area contributed by atoms with Crippen molar-refractivity contribution in [2.45, 2.75) is 26.2 Å². The van der Waals surface area contributed by atoms with Crippen LogP contribution < -0.4 is 10.2 Å². The van der Waals surface area contributed by atoms with E-state index >= 15 is 0 Å². The van der Waals surface area contributed by atoms with Gasteiger partial charge in [0.1, 0.15) is 15.5 Å². The maximum atomic E-state index is 12.8. The Morgan fingerprint density at radius 3 is 2.31 bits per heavy atom. The monoisotopic (exact) mass is 614 g/mol. The number of benzene rings is 3. The smallest absolute Gasteiger partial charge is 0.355 e. The molecule has 1 N–H and O–H groups in total. The third kappa shape index (κ3) is 5.69. The highest BCUT2D eigenvalue weighted by atomic mass is 35.5. The van der Waals surface area contributed by atoms with Crippen LogP contribution in [0.15, 0.2) is 65.8 Å². The van der Waals surface area contributed by atoms with Crippen molar-refractivity contribution < 1.29 is 14.3 Å². The SMILES string of the molecule is CC(C)(C)c1ccc2c(Cl)c(C(=O)N/N=C\c3ccc(OC(=O)c4sc5cccc(Cl)c5c4Cl)cc3)sc2c1.